The van der Waals surface area contributed by atoms with E-state index in [0.29, 0.717) is 0 Å². The highest BCUT2D eigenvalue weighted by Crippen LogP contribution is 2.33. The lowest BCUT2D eigenvalue weighted by atomic mass is 9.84. The molecule has 0 spiro atoms. The van der Waals surface area contributed by atoms with Crippen LogP contribution in [0.4, 0.5) is 0 Å². The molecule has 18 heavy (non-hydrogen) atoms. The molecule has 3 aliphatic rings. The molecule has 2 unspecified atom stereocenters. The van der Waals surface area contributed by atoms with Gasteiger partial charge in [0.05, 0.1) is 0 Å². The first-order valence-corrected chi connectivity index (χ1v) is 8.32. The fraction of sp³-hybridized carbons (Fsp3) is 1.00. The van der Waals surface area contributed by atoms with Crippen molar-refractivity contribution in [3.63, 3.8) is 0 Å². The number of piperidine rings is 1. The van der Waals surface area contributed by atoms with Crippen molar-refractivity contribution in [3.8, 4) is 0 Å². The Morgan fingerprint density at radius 3 is 2.28 bits per heavy atom. The summed E-state index contributed by atoms with van der Waals surface area (Å²) in [6.45, 7) is 6.34. The van der Waals surface area contributed by atoms with Crippen molar-refractivity contribution < 1.29 is 0 Å². The monoisotopic (exact) mass is 250 g/mol. The fourth-order valence-electron chi connectivity index (χ4n) is 4.19. The quantitative estimate of drug-likeness (QED) is 0.779. The third-order valence-corrected chi connectivity index (χ3v) is 5.61. The van der Waals surface area contributed by atoms with E-state index in [1.165, 1.54) is 71.0 Å². The van der Waals surface area contributed by atoms with Gasteiger partial charge in [0.2, 0.25) is 0 Å². The van der Waals surface area contributed by atoms with Gasteiger partial charge in [-0.1, -0.05) is 13.3 Å². The number of nitrogens with zero attached hydrogens (tertiary/aromatic N) is 1. The van der Waals surface area contributed by atoms with Gasteiger partial charge in [0, 0.05) is 18.6 Å². The van der Waals surface area contributed by atoms with Gasteiger partial charge in [-0.25, -0.2) is 0 Å². The van der Waals surface area contributed by atoms with Gasteiger partial charge in [0.15, 0.2) is 0 Å². The van der Waals surface area contributed by atoms with Crippen LogP contribution in [0.15, 0.2) is 0 Å². The molecular formula is C16H30N2. The molecular weight excluding hydrogens is 220 g/mol. The third-order valence-electron chi connectivity index (χ3n) is 5.61. The number of hydrogen-bond acceptors (Lipinski definition) is 2. The van der Waals surface area contributed by atoms with Gasteiger partial charge < -0.3 is 10.2 Å². The highest BCUT2D eigenvalue weighted by atomic mass is 15.1. The highest BCUT2D eigenvalue weighted by molar-refractivity contribution is 4.92. The molecule has 3 fully saturated rings. The average molecular weight is 250 g/mol. The Hall–Kier alpha value is -0.0800. The first-order valence-electron chi connectivity index (χ1n) is 8.32. The van der Waals surface area contributed by atoms with E-state index < -0.39 is 0 Å². The summed E-state index contributed by atoms with van der Waals surface area (Å²) < 4.78 is 0. The summed E-state index contributed by atoms with van der Waals surface area (Å²) in [6, 6.07) is 1.74. The van der Waals surface area contributed by atoms with Gasteiger partial charge in [-0.3, -0.25) is 0 Å². The molecule has 2 heterocycles. The molecule has 0 aromatic carbocycles. The van der Waals surface area contributed by atoms with Crippen molar-refractivity contribution in [1.29, 1.82) is 0 Å². The Morgan fingerprint density at radius 2 is 1.72 bits per heavy atom. The zero-order valence-corrected chi connectivity index (χ0v) is 12.0. The van der Waals surface area contributed by atoms with Crippen LogP contribution in [0.2, 0.25) is 0 Å². The van der Waals surface area contributed by atoms with Crippen molar-refractivity contribution in [2.45, 2.75) is 70.4 Å². The van der Waals surface area contributed by atoms with Crippen LogP contribution in [-0.2, 0) is 0 Å². The molecule has 3 rings (SSSR count). The van der Waals surface area contributed by atoms with Crippen molar-refractivity contribution in [1.82, 2.24) is 10.2 Å². The largest absolute Gasteiger partial charge is 0.311 e. The Labute approximate surface area is 113 Å². The molecule has 1 saturated carbocycles. The maximum atomic E-state index is 3.76. The molecule has 2 nitrogen and oxygen atoms in total. The second-order valence-electron chi connectivity index (χ2n) is 6.95. The minimum Gasteiger partial charge on any atom is -0.311 e. The first-order chi connectivity index (χ1) is 8.83. The van der Waals surface area contributed by atoms with Crippen LogP contribution in [0.3, 0.4) is 0 Å². The number of nitrogens with one attached hydrogen (secondary N) is 1. The summed E-state index contributed by atoms with van der Waals surface area (Å²) in [7, 11) is 0. The van der Waals surface area contributed by atoms with E-state index in [2.05, 4.69) is 17.1 Å². The second-order valence-corrected chi connectivity index (χ2v) is 6.95. The van der Waals surface area contributed by atoms with E-state index in [9.17, 15) is 0 Å². The van der Waals surface area contributed by atoms with Crippen LogP contribution in [0, 0.1) is 11.8 Å². The first kappa shape index (κ1) is 12.9. The van der Waals surface area contributed by atoms with Crippen LogP contribution in [0.25, 0.3) is 0 Å². The standard InChI is InChI=1S/C16H30N2/c1-2-18(12-13-4-3-5-13)9-8-14-10-15-6-7-16(11-14)17-15/h13-17H,2-12H2,1H3. The van der Waals surface area contributed by atoms with Crippen LogP contribution < -0.4 is 5.32 Å². The van der Waals surface area contributed by atoms with Crippen LogP contribution in [0.1, 0.15) is 58.3 Å². The molecule has 1 aliphatic carbocycles. The van der Waals surface area contributed by atoms with Gasteiger partial charge in [0.25, 0.3) is 0 Å². The lowest BCUT2D eigenvalue weighted by Gasteiger charge is -2.34. The van der Waals surface area contributed by atoms with Gasteiger partial charge in [-0.05, 0) is 69.9 Å². The molecule has 0 radical (unpaired) electrons. The Balaban J connectivity index is 1.39. The van der Waals surface area contributed by atoms with E-state index in [-0.39, 0.29) is 0 Å². The van der Waals surface area contributed by atoms with E-state index >= 15 is 0 Å². The van der Waals surface area contributed by atoms with Crippen molar-refractivity contribution in [2.24, 2.45) is 11.8 Å². The Kier molecular flexibility index (Phi) is 4.25. The Bertz CT molecular complexity index is 250. The van der Waals surface area contributed by atoms with Crippen molar-refractivity contribution in [2.75, 3.05) is 19.6 Å². The molecule has 1 N–H and O–H groups in total. The smallest absolute Gasteiger partial charge is 0.00728 e. The predicted molar refractivity (Wildman–Crippen MR) is 76.7 cm³/mol. The summed E-state index contributed by atoms with van der Waals surface area (Å²) in [4.78, 5) is 2.72. The zero-order valence-electron chi connectivity index (χ0n) is 12.0. The topological polar surface area (TPSA) is 15.3 Å². The van der Waals surface area contributed by atoms with E-state index in [1.807, 2.05) is 0 Å². The van der Waals surface area contributed by atoms with Crippen molar-refractivity contribution >= 4 is 0 Å². The summed E-state index contributed by atoms with van der Waals surface area (Å²) in [5, 5.41) is 3.76. The minimum atomic E-state index is 0.871. The number of rotatable bonds is 6. The summed E-state index contributed by atoms with van der Waals surface area (Å²) in [5.74, 6) is 2.05. The normalized spacial score (nSPS) is 36.0. The molecule has 2 bridgehead atoms. The number of fused-ring (bicyclic) bond motifs is 2. The molecule has 0 aromatic rings. The molecule has 2 atom stereocenters. The van der Waals surface area contributed by atoms with Gasteiger partial charge in [-0.15, -0.1) is 0 Å². The zero-order chi connectivity index (χ0) is 12.4. The van der Waals surface area contributed by atoms with E-state index in [0.717, 1.165) is 23.9 Å². The SMILES string of the molecule is CCN(CCC1CC2CCC(C1)N2)CC1CCC1. The molecule has 2 saturated heterocycles. The van der Waals surface area contributed by atoms with E-state index in [1.54, 1.807) is 0 Å². The van der Waals surface area contributed by atoms with Crippen LogP contribution in [-0.4, -0.2) is 36.6 Å². The van der Waals surface area contributed by atoms with Crippen LogP contribution in [0.5, 0.6) is 0 Å². The van der Waals surface area contributed by atoms with Gasteiger partial charge in [-0.2, -0.15) is 0 Å². The molecule has 104 valence electrons. The number of hydrogen-bond donors (Lipinski definition) is 1. The highest BCUT2D eigenvalue weighted by Gasteiger charge is 2.33. The Morgan fingerprint density at radius 1 is 1.00 bits per heavy atom. The average Bonchev–Trinajstić information content (AvgIpc) is 2.67. The van der Waals surface area contributed by atoms with Crippen molar-refractivity contribution in [3.05, 3.63) is 0 Å². The maximum Gasteiger partial charge on any atom is 0.00728 e. The van der Waals surface area contributed by atoms with Crippen LogP contribution >= 0.6 is 0 Å². The van der Waals surface area contributed by atoms with E-state index in [4.69, 9.17) is 0 Å². The summed E-state index contributed by atoms with van der Waals surface area (Å²) >= 11 is 0. The molecule has 0 amide bonds. The predicted octanol–water partition coefficient (Wildman–Crippen LogP) is 3.03. The van der Waals surface area contributed by atoms with Gasteiger partial charge in [0.1, 0.15) is 0 Å². The summed E-state index contributed by atoms with van der Waals surface area (Å²) in [5.41, 5.74) is 0. The second kappa shape index (κ2) is 5.92. The molecule has 0 aromatic heterocycles. The molecule has 2 aliphatic heterocycles. The third kappa shape index (κ3) is 3.08. The lowest BCUT2D eigenvalue weighted by molar-refractivity contribution is 0.166. The van der Waals surface area contributed by atoms with Gasteiger partial charge >= 0.3 is 0 Å². The lowest BCUT2D eigenvalue weighted by Crippen LogP contribution is -2.40. The summed E-state index contributed by atoms with van der Waals surface area (Å²) in [6.07, 6.45) is 11.7. The molecule has 2 heteroatoms. The fourth-order valence-corrected chi connectivity index (χ4v) is 4.19. The maximum absolute atomic E-state index is 3.76. The minimum absolute atomic E-state index is 0.871.